The number of hydrogen-bond acceptors (Lipinski definition) is 3. The van der Waals surface area contributed by atoms with Crippen LogP contribution in [-0.2, 0) is 9.53 Å². The lowest BCUT2D eigenvalue weighted by Gasteiger charge is -2.08. The van der Waals surface area contributed by atoms with Gasteiger partial charge in [-0.1, -0.05) is 119 Å². The van der Waals surface area contributed by atoms with Gasteiger partial charge >= 0.3 is 5.97 Å². The number of esters is 1. The zero-order chi connectivity index (χ0) is 18.6. The largest absolute Gasteiger partial charge is 0.463 e. The van der Waals surface area contributed by atoms with E-state index in [4.69, 9.17) is 4.74 Å². The highest BCUT2D eigenvalue weighted by Crippen LogP contribution is 2.13. The third-order valence-corrected chi connectivity index (χ3v) is 5.62. The Balaban J connectivity index is 3.12. The summed E-state index contributed by atoms with van der Waals surface area (Å²) < 4.78 is 5.62. The normalized spacial score (nSPS) is 12.3. The van der Waals surface area contributed by atoms with Gasteiger partial charge in [0.05, 0.1) is 6.10 Å². The number of aliphatic hydroxyl groups is 1. The van der Waals surface area contributed by atoms with Crippen LogP contribution in [0.2, 0.25) is 0 Å². The van der Waals surface area contributed by atoms with Gasteiger partial charge in [-0.2, -0.15) is 0 Å². The van der Waals surface area contributed by atoms with Crippen LogP contribution < -0.4 is 0 Å². The Morgan fingerprint density at radius 3 is 1.60 bits per heavy atom. The first kappa shape index (κ1) is 25.2. The van der Waals surface area contributed by atoms with E-state index < -0.39 is 6.10 Å². The van der Waals surface area contributed by atoms with Gasteiger partial charge in [-0.15, -0.1) is 0 Å². The number of aliphatic hydroxyl groups excluding tert-OH is 1. The van der Waals surface area contributed by atoms with Crippen molar-refractivity contribution >= 4 is 28.6 Å². The van der Waals surface area contributed by atoms with Crippen molar-refractivity contribution < 1.29 is 14.6 Å². The molecular formula is C21H41IO3. The summed E-state index contributed by atoms with van der Waals surface area (Å²) in [6.45, 7) is 2.41. The first-order valence-electron chi connectivity index (χ1n) is 10.6. The second kappa shape index (κ2) is 20.5. The van der Waals surface area contributed by atoms with Crippen molar-refractivity contribution in [3.63, 3.8) is 0 Å². The van der Waals surface area contributed by atoms with Gasteiger partial charge < -0.3 is 9.84 Å². The SMILES string of the molecule is CCCCCCCCCCCCCCCCCC(=O)OC[C@H](O)CI. The van der Waals surface area contributed by atoms with Gasteiger partial charge in [-0.3, -0.25) is 4.79 Å². The molecule has 150 valence electrons. The molecule has 0 heterocycles. The number of alkyl halides is 1. The van der Waals surface area contributed by atoms with Gasteiger partial charge in [0.1, 0.15) is 6.61 Å². The van der Waals surface area contributed by atoms with Gasteiger partial charge in [0, 0.05) is 10.8 Å². The monoisotopic (exact) mass is 468 g/mol. The Hall–Kier alpha value is 0.160. The van der Waals surface area contributed by atoms with Gasteiger partial charge in [0.15, 0.2) is 0 Å². The van der Waals surface area contributed by atoms with Gasteiger partial charge in [0.25, 0.3) is 0 Å². The van der Waals surface area contributed by atoms with Crippen LogP contribution in [-0.4, -0.2) is 28.2 Å². The minimum atomic E-state index is -0.523. The molecule has 0 aliphatic carbocycles. The summed E-state index contributed by atoms with van der Waals surface area (Å²) in [5.74, 6) is -0.168. The van der Waals surface area contributed by atoms with E-state index in [0.717, 1.165) is 12.8 Å². The lowest BCUT2D eigenvalue weighted by Crippen LogP contribution is -2.19. The fourth-order valence-electron chi connectivity index (χ4n) is 2.95. The summed E-state index contributed by atoms with van der Waals surface area (Å²) in [4.78, 5) is 11.5. The average Bonchev–Trinajstić information content (AvgIpc) is 2.62. The summed E-state index contributed by atoms with van der Waals surface area (Å²) >= 11 is 2.08. The predicted molar refractivity (Wildman–Crippen MR) is 115 cm³/mol. The molecule has 0 unspecified atom stereocenters. The van der Waals surface area contributed by atoms with Crippen LogP contribution in [0, 0.1) is 0 Å². The van der Waals surface area contributed by atoms with E-state index >= 15 is 0 Å². The number of ether oxygens (including phenoxy) is 1. The number of rotatable bonds is 19. The average molecular weight is 468 g/mol. The maximum absolute atomic E-state index is 11.5. The van der Waals surface area contributed by atoms with Crippen molar-refractivity contribution in [2.45, 2.75) is 116 Å². The fraction of sp³-hybridized carbons (Fsp3) is 0.952. The van der Waals surface area contributed by atoms with E-state index in [0.29, 0.717) is 10.8 Å². The summed E-state index contributed by atoms with van der Waals surface area (Å²) in [6, 6.07) is 0. The molecule has 1 N–H and O–H groups in total. The third-order valence-electron chi connectivity index (χ3n) is 4.60. The van der Waals surface area contributed by atoms with Crippen molar-refractivity contribution in [1.29, 1.82) is 0 Å². The minimum absolute atomic E-state index is 0.139. The van der Waals surface area contributed by atoms with Crippen LogP contribution in [0.3, 0.4) is 0 Å². The molecule has 0 aromatic heterocycles. The first-order valence-corrected chi connectivity index (χ1v) is 12.1. The number of carbonyl (C=O) groups excluding carboxylic acids is 1. The first-order chi connectivity index (χ1) is 12.2. The summed E-state index contributed by atoms with van der Waals surface area (Å²) in [7, 11) is 0. The number of hydrogen-bond donors (Lipinski definition) is 1. The molecule has 3 nitrogen and oxygen atoms in total. The second-order valence-corrected chi connectivity index (χ2v) is 8.07. The third kappa shape index (κ3) is 20.3. The Kier molecular flexibility index (Phi) is 20.6. The highest BCUT2D eigenvalue weighted by atomic mass is 127. The van der Waals surface area contributed by atoms with Crippen molar-refractivity contribution in [3.8, 4) is 0 Å². The Morgan fingerprint density at radius 1 is 0.800 bits per heavy atom. The molecule has 25 heavy (non-hydrogen) atoms. The van der Waals surface area contributed by atoms with Gasteiger partial charge in [0.2, 0.25) is 0 Å². The van der Waals surface area contributed by atoms with Crippen molar-refractivity contribution in [1.82, 2.24) is 0 Å². The molecular weight excluding hydrogens is 427 g/mol. The molecule has 0 aromatic rings. The quantitative estimate of drug-likeness (QED) is 0.101. The molecule has 0 aliphatic heterocycles. The van der Waals surface area contributed by atoms with Crippen LogP contribution in [0.25, 0.3) is 0 Å². The van der Waals surface area contributed by atoms with Crippen molar-refractivity contribution in [2.75, 3.05) is 11.0 Å². The molecule has 0 saturated carbocycles. The highest BCUT2D eigenvalue weighted by Gasteiger charge is 2.07. The van der Waals surface area contributed by atoms with E-state index in [9.17, 15) is 9.90 Å². The lowest BCUT2D eigenvalue weighted by atomic mass is 10.0. The number of carbonyl (C=O) groups is 1. The fourth-order valence-corrected chi connectivity index (χ4v) is 3.20. The maximum atomic E-state index is 11.5. The van der Waals surface area contributed by atoms with Crippen LogP contribution in [0.4, 0.5) is 0 Å². The van der Waals surface area contributed by atoms with Gasteiger partial charge in [-0.05, 0) is 6.42 Å². The smallest absolute Gasteiger partial charge is 0.305 e. The van der Waals surface area contributed by atoms with E-state index in [1.807, 2.05) is 0 Å². The van der Waals surface area contributed by atoms with Crippen LogP contribution in [0.15, 0.2) is 0 Å². The molecule has 0 rings (SSSR count). The number of halogens is 1. The second-order valence-electron chi connectivity index (χ2n) is 7.19. The van der Waals surface area contributed by atoms with E-state index in [1.165, 1.54) is 83.5 Å². The Bertz CT molecular complexity index is 284. The zero-order valence-electron chi connectivity index (χ0n) is 16.4. The molecule has 0 spiro atoms. The standard InChI is InChI=1S/C21H41IO3/c1-2-3-4-5-6-7-8-9-10-11-12-13-14-15-16-17-21(24)25-19-20(23)18-22/h20,23H,2-19H2,1H3/t20-/m1/s1. The molecule has 0 aliphatic rings. The molecule has 0 aromatic carbocycles. The zero-order valence-corrected chi connectivity index (χ0v) is 18.6. The van der Waals surface area contributed by atoms with Crippen LogP contribution in [0.1, 0.15) is 110 Å². The van der Waals surface area contributed by atoms with Gasteiger partial charge in [-0.25, -0.2) is 0 Å². The molecule has 0 amide bonds. The molecule has 0 bridgehead atoms. The summed E-state index contributed by atoms with van der Waals surface area (Å²) in [6.07, 6.45) is 19.9. The predicted octanol–water partition coefficient (Wildman–Crippen LogP) is 6.59. The molecule has 0 radical (unpaired) electrons. The summed E-state index contributed by atoms with van der Waals surface area (Å²) in [5, 5.41) is 9.33. The number of unbranched alkanes of at least 4 members (excludes halogenated alkanes) is 14. The van der Waals surface area contributed by atoms with E-state index in [-0.39, 0.29) is 12.6 Å². The Morgan fingerprint density at radius 2 is 1.20 bits per heavy atom. The van der Waals surface area contributed by atoms with E-state index in [2.05, 4.69) is 29.5 Å². The van der Waals surface area contributed by atoms with Crippen molar-refractivity contribution in [3.05, 3.63) is 0 Å². The van der Waals surface area contributed by atoms with Crippen LogP contribution >= 0.6 is 22.6 Å². The van der Waals surface area contributed by atoms with E-state index in [1.54, 1.807) is 0 Å². The minimum Gasteiger partial charge on any atom is -0.463 e. The maximum Gasteiger partial charge on any atom is 0.305 e. The lowest BCUT2D eigenvalue weighted by molar-refractivity contribution is -0.146. The van der Waals surface area contributed by atoms with Crippen molar-refractivity contribution in [2.24, 2.45) is 0 Å². The molecule has 4 heteroatoms. The molecule has 1 atom stereocenters. The Labute approximate surface area is 169 Å². The van der Waals surface area contributed by atoms with Crippen LogP contribution in [0.5, 0.6) is 0 Å². The topological polar surface area (TPSA) is 46.5 Å². The highest BCUT2D eigenvalue weighted by molar-refractivity contribution is 14.1. The molecule has 0 saturated heterocycles. The molecule has 0 fully saturated rings. The summed E-state index contributed by atoms with van der Waals surface area (Å²) in [5.41, 5.74) is 0.